The standard InChI is InChI=1S/C24H24N2O2S/c1-16-10-12-19(13-11-16)18(3)25-24(28)22(15-20-8-6-14-29-20)26-23(27)21-9-5-4-7-17(21)2/h4-15,18H,1-3H3,(H,25,28)(H,26,27)/b22-15-. The van der Waals surface area contributed by atoms with Gasteiger partial charge in [-0.2, -0.15) is 0 Å². The second kappa shape index (κ2) is 9.34. The van der Waals surface area contributed by atoms with Crippen LogP contribution >= 0.6 is 11.3 Å². The van der Waals surface area contributed by atoms with E-state index in [0.29, 0.717) is 5.56 Å². The van der Waals surface area contributed by atoms with Crippen LogP contribution in [0, 0.1) is 13.8 Å². The monoisotopic (exact) mass is 404 g/mol. The van der Waals surface area contributed by atoms with Crippen LogP contribution in [-0.4, -0.2) is 11.8 Å². The van der Waals surface area contributed by atoms with Crippen molar-refractivity contribution in [1.29, 1.82) is 0 Å². The molecule has 0 fully saturated rings. The van der Waals surface area contributed by atoms with Crippen LogP contribution in [0.4, 0.5) is 0 Å². The molecule has 0 radical (unpaired) electrons. The van der Waals surface area contributed by atoms with Gasteiger partial charge in [0.2, 0.25) is 0 Å². The third-order valence-electron chi connectivity index (χ3n) is 4.64. The molecule has 29 heavy (non-hydrogen) atoms. The molecule has 0 saturated heterocycles. The topological polar surface area (TPSA) is 58.2 Å². The number of hydrogen-bond acceptors (Lipinski definition) is 3. The SMILES string of the molecule is Cc1ccc(C(C)NC(=O)/C(=C/c2cccs2)NC(=O)c2ccccc2C)cc1. The summed E-state index contributed by atoms with van der Waals surface area (Å²) in [6.07, 6.45) is 1.71. The highest BCUT2D eigenvalue weighted by Gasteiger charge is 2.18. The lowest BCUT2D eigenvalue weighted by Gasteiger charge is -2.17. The number of amides is 2. The highest BCUT2D eigenvalue weighted by molar-refractivity contribution is 7.10. The Morgan fingerprint density at radius 2 is 1.69 bits per heavy atom. The van der Waals surface area contributed by atoms with E-state index in [-0.39, 0.29) is 23.6 Å². The van der Waals surface area contributed by atoms with Gasteiger partial charge in [-0.25, -0.2) is 0 Å². The van der Waals surface area contributed by atoms with Gasteiger partial charge >= 0.3 is 0 Å². The van der Waals surface area contributed by atoms with Crippen LogP contribution < -0.4 is 10.6 Å². The Labute approximate surface area is 175 Å². The van der Waals surface area contributed by atoms with E-state index in [4.69, 9.17) is 0 Å². The molecule has 4 nitrogen and oxygen atoms in total. The third kappa shape index (κ3) is 5.42. The van der Waals surface area contributed by atoms with Crippen LogP contribution in [0.5, 0.6) is 0 Å². The summed E-state index contributed by atoms with van der Waals surface area (Å²) in [4.78, 5) is 26.6. The third-order valence-corrected chi connectivity index (χ3v) is 5.46. The van der Waals surface area contributed by atoms with E-state index < -0.39 is 0 Å². The number of nitrogens with one attached hydrogen (secondary N) is 2. The van der Waals surface area contributed by atoms with Gasteiger partial charge in [-0.3, -0.25) is 9.59 Å². The van der Waals surface area contributed by atoms with Gasteiger partial charge in [0, 0.05) is 10.4 Å². The zero-order chi connectivity index (χ0) is 20.8. The van der Waals surface area contributed by atoms with E-state index >= 15 is 0 Å². The Morgan fingerprint density at radius 1 is 0.966 bits per heavy atom. The molecule has 0 aliphatic carbocycles. The summed E-state index contributed by atoms with van der Waals surface area (Å²) in [5, 5.41) is 7.71. The number of thiophene rings is 1. The van der Waals surface area contributed by atoms with E-state index in [9.17, 15) is 9.59 Å². The Morgan fingerprint density at radius 3 is 2.34 bits per heavy atom. The lowest BCUT2D eigenvalue weighted by atomic mass is 10.1. The molecule has 0 bridgehead atoms. The molecule has 148 valence electrons. The van der Waals surface area contributed by atoms with Crippen molar-refractivity contribution in [3.8, 4) is 0 Å². The van der Waals surface area contributed by atoms with Crippen LogP contribution in [0.25, 0.3) is 6.08 Å². The molecule has 2 amide bonds. The van der Waals surface area contributed by atoms with Gasteiger partial charge in [-0.05, 0) is 55.5 Å². The van der Waals surface area contributed by atoms with Crippen LogP contribution in [0.15, 0.2) is 71.7 Å². The summed E-state index contributed by atoms with van der Waals surface area (Å²) < 4.78 is 0. The highest BCUT2D eigenvalue weighted by atomic mass is 32.1. The first-order chi connectivity index (χ1) is 13.9. The molecular weight excluding hydrogens is 380 g/mol. The van der Waals surface area contributed by atoms with Gasteiger partial charge in [-0.15, -0.1) is 11.3 Å². The molecule has 1 atom stereocenters. The molecule has 3 aromatic rings. The Balaban J connectivity index is 1.81. The van der Waals surface area contributed by atoms with Gasteiger partial charge < -0.3 is 10.6 Å². The summed E-state index contributed by atoms with van der Waals surface area (Å²) in [6, 6.07) is 19.0. The minimum atomic E-state index is -0.326. The Bertz CT molecular complexity index is 1020. The summed E-state index contributed by atoms with van der Waals surface area (Å²) in [7, 11) is 0. The highest BCUT2D eigenvalue weighted by Crippen LogP contribution is 2.17. The minimum Gasteiger partial charge on any atom is -0.344 e. The van der Waals surface area contributed by atoms with Crippen LogP contribution in [0.3, 0.4) is 0 Å². The average molecular weight is 405 g/mol. The normalized spacial score (nSPS) is 12.3. The molecule has 5 heteroatoms. The summed E-state index contributed by atoms with van der Waals surface area (Å²) in [5.41, 5.74) is 3.79. The molecule has 1 aromatic heterocycles. The fraction of sp³-hybridized carbons (Fsp3) is 0.167. The first-order valence-electron chi connectivity index (χ1n) is 9.43. The number of hydrogen-bond donors (Lipinski definition) is 2. The molecule has 0 spiro atoms. The number of carbonyl (C=O) groups excluding carboxylic acids is 2. The van der Waals surface area contributed by atoms with E-state index in [1.807, 2.05) is 80.7 Å². The van der Waals surface area contributed by atoms with E-state index in [1.54, 1.807) is 12.1 Å². The van der Waals surface area contributed by atoms with Crippen molar-refractivity contribution in [2.24, 2.45) is 0 Å². The lowest BCUT2D eigenvalue weighted by Crippen LogP contribution is -2.36. The predicted octanol–water partition coefficient (Wildman–Crippen LogP) is 5.01. The van der Waals surface area contributed by atoms with Gasteiger partial charge in [0.25, 0.3) is 11.8 Å². The van der Waals surface area contributed by atoms with Gasteiger partial charge in [0.15, 0.2) is 0 Å². The van der Waals surface area contributed by atoms with Crippen LogP contribution in [0.2, 0.25) is 0 Å². The summed E-state index contributed by atoms with van der Waals surface area (Å²) in [6.45, 7) is 5.82. The molecule has 0 aliphatic heterocycles. The number of rotatable bonds is 6. The number of carbonyl (C=O) groups is 2. The second-order valence-electron chi connectivity index (χ2n) is 6.95. The minimum absolute atomic E-state index is 0.190. The van der Waals surface area contributed by atoms with Crippen molar-refractivity contribution in [3.63, 3.8) is 0 Å². The van der Waals surface area contributed by atoms with E-state index in [1.165, 1.54) is 11.3 Å². The maximum absolute atomic E-state index is 13.0. The first kappa shape index (κ1) is 20.6. The Hall–Kier alpha value is -3.18. The van der Waals surface area contributed by atoms with Crippen molar-refractivity contribution < 1.29 is 9.59 Å². The van der Waals surface area contributed by atoms with E-state index in [0.717, 1.165) is 21.6 Å². The molecule has 2 N–H and O–H groups in total. The molecule has 1 heterocycles. The number of benzene rings is 2. The summed E-state index contributed by atoms with van der Waals surface area (Å²) >= 11 is 1.50. The summed E-state index contributed by atoms with van der Waals surface area (Å²) in [5.74, 6) is -0.627. The predicted molar refractivity (Wildman–Crippen MR) is 119 cm³/mol. The molecule has 2 aromatic carbocycles. The molecule has 0 aliphatic rings. The second-order valence-corrected chi connectivity index (χ2v) is 7.93. The van der Waals surface area contributed by atoms with Crippen molar-refractivity contribution in [1.82, 2.24) is 10.6 Å². The van der Waals surface area contributed by atoms with Crippen LogP contribution in [0.1, 0.15) is 44.9 Å². The smallest absolute Gasteiger partial charge is 0.268 e. The van der Waals surface area contributed by atoms with Gasteiger partial charge in [0.05, 0.1) is 6.04 Å². The largest absolute Gasteiger partial charge is 0.344 e. The van der Waals surface area contributed by atoms with Crippen molar-refractivity contribution in [2.45, 2.75) is 26.8 Å². The zero-order valence-electron chi connectivity index (χ0n) is 16.7. The Kier molecular flexibility index (Phi) is 6.62. The van der Waals surface area contributed by atoms with Gasteiger partial charge in [0.1, 0.15) is 5.70 Å². The fourth-order valence-electron chi connectivity index (χ4n) is 2.90. The first-order valence-corrected chi connectivity index (χ1v) is 10.3. The maximum atomic E-state index is 13.0. The maximum Gasteiger partial charge on any atom is 0.268 e. The van der Waals surface area contributed by atoms with Crippen molar-refractivity contribution in [2.75, 3.05) is 0 Å². The number of aryl methyl sites for hydroxylation is 2. The van der Waals surface area contributed by atoms with Gasteiger partial charge in [-0.1, -0.05) is 54.1 Å². The van der Waals surface area contributed by atoms with Crippen LogP contribution in [-0.2, 0) is 4.79 Å². The van der Waals surface area contributed by atoms with Crippen molar-refractivity contribution >= 4 is 29.2 Å². The lowest BCUT2D eigenvalue weighted by molar-refractivity contribution is -0.118. The molecule has 1 unspecified atom stereocenters. The molecule has 0 saturated carbocycles. The molecular formula is C24H24N2O2S. The zero-order valence-corrected chi connectivity index (χ0v) is 17.5. The average Bonchev–Trinajstić information content (AvgIpc) is 3.21. The fourth-order valence-corrected chi connectivity index (χ4v) is 3.56. The van der Waals surface area contributed by atoms with Crippen molar-refractivity contribution in [3.05, 3.63) is 98.9 Å². The molecule has 3 rings (SSSR count). The quantitative estimate of drug-likeness (QED) is 0.567. The van der Waals surface area contributed by atoms with E-state index in [2.05, 4.69) is 10.6 Å².